The Hall–Kier alpha value is -5.46. The summed E-state index contributed by atoms with van der Waals surface area (Å²) in [6.07, 6.45) is 1.52. The predicted octanol–water partition coefficient (Wildman–Crippen LogP) is 5.01. The van der Waals surface area contributed by atoms with Crippen LogP contribution in [0.15, 0.2) is 65.8 Å². The average Bonchev–Trinajstić information content (AvgIpc) is 3.01. The first-order valence-electron chi connectivity index (χ1n) is 12.5. The fourth-order valence-electron chi connectivity index (χ4n) is 3.55. The van der Waals surface area contributed by atoms with Gasteiger partial charge in [-0.1, -0.05) is 55.4 Å². The number of rotatable bonds is 12. The van der Waals surface area contributed by atoms with Gasteiger partial charge in [0.1, 0.15) is 17.1 Å². The molecule has 0 aliphatic rings. The molecule has 0 atom stereocenters. The second-order valence-corrected chi connectivity index (χ2v) is 9.00. The third kappa shape index (κ3) is 7.18. The Labute approximate surface area is 242 Å². The number of aromatic nitrogens is 4. The fourth-order valence-corrected chi connectivity index (χ4v) is 3.55. The van der Waals surface area contributed by atoms with Crippen LogP contribution in [-0.2, 0) is 10.3 Å². The average molecular weight is 576 g/mol. The molecule has 0 amide bonds. The lowest BCUT2D eigenvalue weighted by molar-refractivity contribution is 0.0510. The van der Waals surface area contributed by atoms with Gasteiger partial charge in [-0.2, -0.15) is 19.9 Å². The molecule has 13 nitrogen and oxygen atoms in total. The molecular weight excluding hydrogens is 546 g/mol. The molecule has 13 heteroatoms. The molecule has 0 saturated carbocycles. The smallest absolute Gasteiger partial charge is 0.373 e. The van der Waals surface area contributed by atoms with Crippen LogP contribution in [0.1, 0.15) is 29.8 Å². The number of ether oxygens (including phenoxy) is 6. The number of hydrogen-bond acceptors (Lipinski definition) is 13. The van der Waals surface area contributed by atoms with Gasteiger partial charge in [-0.05, 0) is 17.7 Å². The Morgan fingerprint density at radius 1 is 0.690 bits per heavy atom. The summed E-state index contributed by atoms with van der Waals surface area (Å²) in [5, 5.41) is 3.97. The molecule has 0 aliphatic heterocycles. The Morgan fingerprint density at radius 3 is 1.57 bits per heavy atom. The van der Waals surface area contributed by atoms with Crippen LogP contribution in [0.2, 0.25) is 0 Å². The van der Waals surface area contributed by atoms with Gasteiger partial charge in [0.25, 0.3) is 0 Å². The van der Waals surface area contributed by atoms with Crippen LogP contribution in [0.3, 0.4) is 0 Å². The molecule has 2 heterocycles. The fraction of sp³-hybridized carbons (Fsp3) is 0.241. The second kappa shape index (κ2) is 13.3. The second-order valence-electron chi connectivity index (χ2n) is 9.00. The van der Waals surface area contributed by atoms with Crippen LogP contribution < -0.4 is 28.4 Å². The molecule has 0 bridgehead atoms. The minimum atomic E-state index is -0.898. The van der Waals surface area contributed by atoms with E-state index in [1.807, 2.05) is 44.2 Å². The highest BCUT2D eigenvalue weighted by molar-refractivity contribution is 5.96. The maximum absolute atomic E-state index is 13.5. The van der Waals surface area contributed by atoms with Gasteiger partial charge in [0.15, 0.2) is 0 Å². The van der Waals surface area contributed by atoms with E-state index < -0.39 is 11.4 Å². The van der Waals surface area contributed by atoms with Crippen molar-refractivity contribution >= 4 is 12.2 Å². The minimum absolute atomic E-state index is 0.0137. The van der Waals surface area contributed by atoms with Crippen LogP contribution in [0, 0.1) is 0 Å². The van der Waals surface area contributed by atoms with Crippen molar-refractivity contribution in [2.45, 2.75) is 19.3 Å². The Morgan fingerprint density at radius 2 is 1.14 bits per heavy atom. The van der Waals surface area contributed by atoms with Crippen molar-refractivity contribution in [1.29, 1.82) is 0 Å². The zero-order chi connectivity index (χ0) is 30.1. The molecule has 0 saturated heterocycles. The monoisotopic (exact) mass is 575 g/mol. The Bertz CT molecular complexity index is 1440. The van der Waals surface area contributed by atoms with E-state index in [0.717, 1.165) is 5.56 Å². The molecule has 4 aromatic rings. The highest BCUT2D eigenvalue weighted by Gasteiger charge is 2.25. The van der Waals surface area contributed by atoms with Crippen molar-refractivity contribution in [2.24, 2.45) is 5.16 Å². The molecule has 0 aliphatic carbocycles. The highest BCUT2D eigenvalue weighted by Crippen LogP contribution is 2.35. The van der Waals surface area contributed by atoms with Gasteiger partial charge in [-0.25, -0.2) is 4.79 Å². The van der Waals surface area contributed by atoms with Gasteiger partial charge in [0.05, 0.1) is 46.8 Å². The van der Waals surface area contributed by atoms with E-state index in [-0.39, 0.29) is 52.6 Å². The molecule has 0 N–H and O–H groups in total. The normalized spacial score (nSPS) is 11.1. The summed E-state index contributed by atoms with van der Waals surface area (Å²) in [5.74, 6) is -0.210. The van der Waals surface area contributed by atoms with Gasteiger partial charge in [-0.15, -0.1) is 0 Å². The maximum Gasteiger partial charge on any atom is 0.373 e. The molecule has 0 spiro atoms. The molecule has 0 radical (unpaired) electrons. The summed E-state index contributed by atoms with van der Waals surface area (Å²) in [6, 6.07) is 16.9. The van der Waals surface area contributed by atoms with Crippen LogP contribution in [0.4, 0.5) is 0 Å². The van der Waals surface area contributed by atoms with Crippen molar-refractivity contribution in [3.63, 3.8) is 0 Å². The van der Waals surface area contributed by atoms with E-state index in [0.29, 0.717) is 0 Å². The molecule has 4 rings (SSSR count). The molecule has 2 aromatic heterocycles. The van der Waals surface area contributed by atoms with E-state index in [2.05, 4.69) is 25.1 Å². The lowest BCUT2D eigenvalue weighted by Gasteiger charge is -2.19. The number of nitrogens with zero attached hydrogens (tertiary/aromatic N) is 5. The summed E-state index contributed by atoms with van der Waals surface area (Å²) in [5.41, 5.74) is 0.293. The summed E-state index contributed by atoms with van der Waals surface area (Å²) in [4.78, 5) is 35.5. The lowest BCUT2D eigenvalue weighted by Crippen LogP contribution is -2.19. The van der Waals surface area contributed by atoms with Crippen LogP contribution in [0.25, 0.3) is 0 Å². The predicted molar refractivity (Wildman–Crippen MR) is 150 cm³/mol. The molecule has 0 unspecified atom stereocenters. The van der Waals surface area contributed by atoms with Gasteiger partial charge in [0, 0.05) is 5.41 Å². The van der Waals surface area contributed by atoms with E-state index in [4.69, 9.17) is 33.3 Å². The van der Waals surface area contributed by atoms with E-state index in [1.165, 1.54) is 58.9 Å². The van der Waals surface area contributed by atoms with E-state index >= 15 is 0 Å². The third-order valence-electron chi connectivity index (χ3n) is 5.78. The molecule has 218 valence electrons. The quantitative estimate of drug-likeness (QED) is 0.127. The standard InChI is InChI=1S/C29H29N5O8/c1-29(2,18-11-8-7-9-12-18)17-30-42-26(35)25-19(40-27-31-21(36-3)15-22(32-27)37-4)13-10-14-20(25)41-28-33-23(38-5)16-24(34-28)39-6/h7-17H,1-6H3/b30-17-. The number of oxime groups is 1. The van der Waals surface area contributed by atoms with Gasteiger partial charge in [-0.3, -0.25) is 0 Å². The largest absolute Gasteiger partial charge is 0.481 e. The van der Waals surface area contributed by atoms with Crippen molar-refractivity contribution in [3.8, 4) is 47.0 Å². The van der Waals surface area contributed by atoms with Crippen LogP contribution in [-0.4, -0.2) is 60.6 Å². The number of benzene rings is 2. The number of carbonyl (C=O) groups excluding carboxylic acids is 1. The first kappa shape index (κ1) is 29.5. The summed E-state index contributed by atoms with van der Waals surface area (Å²) >= 11 is 0. The highest BCUT2D eigenvalue weighted by atomic mass is 16.7. The zero-order valence-corrected chi connectivity index (χ0v) is 23.9. The van der Waals surface area contributed by atoms with Crippen molar-refractivity contribution in [1.82, 2.24) is 19.9 Å². The van der Waals surface area contributed by atoms with Gasteiger partial charge in [0.2, 0.25) is 23.5 Å². The van der Waals surface area contributed by atoms with E-state index in [9.17, 15) is 4.79 Å². The number of carbonyl (C=O) groups is 1. The van der Waals surface area contributed by atoms with Gasteiger partial charge >= 0.3 is 18.0 Å². The van der Waals surface area contributed by atoms with Crippen molar-refractivity contribution in [3.05, 3.63) is 71.8 Å². The number of hydrogen-bond donors (Lipinski definition) is 0. The first-order chi connectivity index (χ1) is 20.3. The van der Waals surface area contributed by atoms with Crippen molar-refractivity contribution in [2.75, 3.05) is 28.4 Å². The van der Waals surface area contributed by atoms with Gasteiger partial charge < -0.3 is 33.3 Å². The molecule has 2 aromatic carbocycles. The minimum Gasteiger partial charge on any atom is -0.481 e. The van der Waals surface area contributed by atoms with E-state index in [1.54, 1.807) is 6.07 Å². The van der Waals surface area contributed by atoms with Crippen LogP contribution in [0.5, 0.6) is 47.0 Å². The van der Waals surface area contributed by atoms with Crippen molar-refractivity contribution < 1.29 is 38.1 Å². The summed E-state index contributed by atoms with van der Waals surface area (Å²) < 4.78 is 32.6. The molecule has 0 fully saturated rings. The Kier molecular flexibility index (Phi) is 9.32. The Balaban J connectivity index is 1.72. The molecule has 42 heavy (non-hydrogen) atoms. The SMILES string of the molecule is COc1cc(OC)nc(Oc2cccc(Oc3nc(OC)cc(OC)n3)c2C(=O)O/N=C\C(C)(C)c2ccccc2)n1. The zero-order valence-electron chi connectivity index (χ0n) is 23.9. The maximum atomic E-state index is 13.5. The summed E-state index contributed by atoms with van der Waals surface area (Å²) in [7, 11) is 5.72. The topological polar surface area (TPSA) is 146 Å². The third-order valence-corrected chi connectivity index (χ3v) is 5.78. The van der Waals surface area contributed by atoms with Crippen LogP contribution >= 0.6 is 0 Å². The number of methoxy groups -OCH3 is 4. The first-order valence-corrected chi connectivity index (χ1v) is 12.5. The summed E-state index contributed by atoms with van der Waals surface area (Å²) in [6.45, 7) is 3.87. The lowest BCUT2D eigenvalue weighted by atomic mass is 9.86. The molecular formula is C29H29N5O8.